The summed E-state index contributed by atoms with van der Waals surface area (Å²) in [5.74, 6) is 0.496. The Bertz CT molecular complexity index is 339. The van der Waals surface area contributed by atoms with E-state index in [1.54, 1.807) is 12.3 Å². The Morgan fingerprint density at radius 3 is 3.20 bits per heavy atom. The molecule has 0 saturated carbocycles. The number of nitrogens with zero attached hydrogens (tertiary/aromatic N) is 1. The number of hydrogen-bond donors (Lipinski definition) is 1. The Labute approximate surface area is 96.4 Å². The van der Waals surface area contributed by atoms with E-state index in [0.29, 0.717) is 18.1 Å². The maximum atomic E-state index is 9.14. The molecule has 1 atom stereocenters. The number of rotatable bonds is 3. The molecule has 5 heteroatoms. The molecular weight excluding hydrogens is 262 g/mol. The smallest absolute Gasteiger partial charge is 0.219 e. The predicted octanol–water partition coefficient (Wildman–Crippen LogP) is 1.50. The van der Waals surface area contributed by atoms with Crippen LogP contribution in [0.3, 0.4) is 0 Å². The van der Waals surface area contributed by atoms with Gasteiger partial charge in [-0.3, -0.25) is 0 Å². The van der Waals surface area contributed by atoms with Crippen molar-refractivity contribution in [2.24, 2.45) is 0 Å². The monoisotopic (exact) mass is 273 g/mol. The molecule has 1 saturated heterocycles. The van der Waals surface area contributed by atoms with Gasteiger partial charge >= 0.3 is 0 Å². The van der Waals surface area contributed by atoms with Crippen LogP contribution in [-0.4, -0.2) is 29.4 Å². The van der Waals surface area contributed by atoms with Gasteiger partial charge in [-0.05, 0) is 22.0 Å². The van der Waals surface area contributed by atoms with Crippen molar-refractivity contribution >= 4 is 15.9 Å². The molecule has 0 amide bonds. The molecule has 1 aliphatic heterocycles. The van der Waals surface area contributed by atoms with Crippen LogP contribution in [0.5, 0.6) is 5.88 Å². The molecule has 1 aliphatic rings. The molecular formula is C10H12BrNO3. The van der Waals surface area contributed by atoms with Gasteiger partial charge < -0.3 is 14.6 Å². The summed E-state index contributed by atoms with van der Waals surface area (Å²) < 4.78 is 11.7. The first kappa shape index (κ1) is 10.9. The number of aliphatic hydroxyl groups excluding tert-OH is 1. The van der Waals surface area contributed by atoms with Crippen LogP contribution in [0, 0.1) is 0 Å². The maximum absolute atomic E-state index is 9.14. The van der Waals surface area contributed by atoms with Gasteiger partial charge in [0.1, 0.15) is 6.10 Å². The molecule has 0 aromatic carbocycles. The van der Waals surface area contributed by atoms with Crippen molar-refractivity contribution in [1.82, 2.24) is 4.98 Å². The largest absolute Gasteiger partial charge is 0.472 e. The van der Waals surface area contributed by atoms with E-state index in [1.165, 1.54) is 0 Å². The molecule has 0 bridgehead atoms. The lowest BCUT2D eigenvalue weighted by molar-refractivity contribution is 0.135. The minimum absolute atomic E-state index is 0.0592. The van der Waals surface area contributed by atoms with Gasteiger partial charge in [0.05, 0.1) is 19.8 Å². The number of hydrogen-bond acceptors (Lipinski definition) is 4. The Balaban J connectivity index is 2.12. The number of aliphatic hydroxyl groups is 1. The van der Waals surface area contributed by atoms with Crippen LogP contribution in [0.25, 0.3) is 0 Å². The summed E-state index contributed by atoms with van der Waals surface area (Å²) >= 11 is 3.30. The van der Waals surface area contributed by atoms with Crippen molar-refractivity contribution in [1.29, 1.82) is 0 Å². The average Bonchev–Trinajstić information content (AvgIpc) is 2.73. The molecule has 2 heterocycles. The highest BCUT2D eigenvalue weighted by molar-refractivity contribution is 9.10. The van der Waals surface area contributed by atoms with Crippen molar-refractivity contribution in [3.63, 3.8) is 0 Å². The first-order valence-electron chi connectivity index (χ1n) is 4.79. The van der Waals surface area contributed by atoms with E-state index in [-0.39, 0.29) is 12.7 Å². The third-order valence-electron chi connectivity index (χ3n) is 2.23. The molecule has 0 spiro atoms. The standard InChI is InChI=1S/C10H12BrNO3/c11-8-3-7(5-13)10(12-4-8)15-9-1-2-14-6-9/h3-4,9,13H,1-2,5-6H2. The van der Waals surface area contributed by atoms with Crippen LogP contribution in [0.15, 0.2) is 16.7 Å². The van der Waals surface area contributed by atoms with E-state index in [0.717, 1.165) is 17.5 Å². The highest BCUT2D eigenvalue weighted by Crippen LogP contribution is 2.22. The molecule has 82 valence electrons. The summed E-state index contributed by atoms with van der Waals surface area (Å²) in [5, 5.41) is 9.14. The van der Waals surface area contributed by atoms with Gasteiger partial charge in [0.15, 0.2) is 0 Å². The molecule has 1 fully saturated rings. The summed E-state index contributed by atoms with van der Waals surface area (Å²) in [6.07, 6.45) is 2.59. The minimum Gasteiger partial charge on any atom is -0.472 e. The van der Waals surface area contributed by atoms with Crippen LogP contribution in [0.2, 0.25) is 0 Å². The Morgan fingerprint density at radius 1 is 1.67 bits per heavy atom. The van der Waals surface area contributed by atoms with Crippen LogP contribution in [0.4, 0.5) is 0 Å². The van der Waals surface area contributed by atoms with Gasteiger partial charge in [-0.15, -0.1) is 0 Å². The summed E-state index contributed by atoms with van der Waals surface area (Å²) in [5.41, 5.74) is 0.691. The van der Waals surface area contributed by atoms with Crippen molar-refractivity contribution in [2.45, 2.75) is 19.1 Å². The molecule has 1 aromatic rings. The van der Waals surface area contributed by atoms with E-state index >= 15 is 0 Å². The Kier molecular flexibility index (Phi) is 3.56. The van der Waals surface area contributed by atoms with Gasteiger partial charge in [0.25, 0.3) is 0 Å². The lowest BCUT2D eigenvalue weighted by Crippen LogP contribution is -2.17. The normalized spacial score (nSPS) is 20.5. The fraction of sp³-hybridized carbons (Fsp3) is 0.500. The second-order valence-electron chi connectivity index (χ2n) is 3.38. The molecule has 0 radical (unpaired) electrons. The van der Waals surface area contributed by atoms with E-state index in [9.17, 15) is 0 Å². The summed E-state index contributed by atoms with van der Waals surface area (Å²) in [4.78, 5) is 4.13. The van der Waals surface area contributed by atoms with E-state index < -0.39 is 0 Å². The molecule has 1 aromatic heterocycles. The third-order valence-corrected chi connectivity index (χ3v) is 2.66. The van der Waals surface area contributed by atoms with E-state index in [2.05, 4.69) is 20.9 Å². The van der Waals surface area contributed by atoms with Gasteiger partial charge in [0, 0.05) is 22.7 Å². The van der Waals surface area contributed by atoms with Gasteiger partial charge in [-0.25, -0.2) is 4.98 Å². The highest BCUT2D eigenvalue weighted by atomic mass is 79.9. The highest BCUT2D eigenvalue weighted by Gasteiger charge is 2.19. The van der Waals surface area contributed by atoms with Crippen LogP contribution >= 0.6 is 15.9 Å². The predicted molar refractivity (Wildman–Crippen MR) is 57.7 cm³/mol. The first-order valence-corrected chi connectivity index (χ1v) is 5.58. The zero-order chi connectivity index (χ0) is 10.7. The number of aromatic nitrogens is 1. The van der Waals surface area contributed by atoms with Crippen LogP contribution in [-0.2, 0) is 11.3 Å². The topological polar surface area (TPSA) is 51.6 Å². The second kappa shape index (κ2) is 4.92. The first-order chi connectivity index (χ1) is 7.29. The van der Waals surface area contributed by atoms with Crippen molar-refractivity contribution in [2.75, 3.05) is 13.2 Å². The second-order valence-corrected chi connectivity index (χ2v) is 4.30. The fourth-order valence-corrected chi connectivity index (χ4v) is 1.83. The SMILES string of the molecule is OCc1cc(Br)cnc1OC1CCOC1. The molecule has 0 aliphatic carbocycles. The zero-order valence-corrected chi connectivity index (χ0v) is 9.74. The Morgan fingerprint density at radius 2 is 2.53 bits per heavy atom. The maximum Gasteiger partial charge on any atom is 0.219 e. The van der Waals surface area contributed by atoms with Gasteiger partial charge in [0.2, 0.25) is 5.88 Å². The summed E-state index contributed by atoms with van der Waals surface area (Å²) in [6.45, 7) is 1.26. The third kappa shape index (κ3) is 2.68. The van der Waals surface area contributed by atoms with Crippen molar-refractivity contribution in [3.05, 3.63) is 22.3 Å². The van der Waals surface area contributed by atoms with Crippen LogP contribution < -0.4 is 4.74 Å². The van der Waals surface area contributed by atoms with E-state index in [4.69, 9.17) is 14.6 Å². The van der Waals surface area contributed by atoms with E-state index in [1.807, 2.05) is 0 Å². The summed E-state index contributed by atoms with van der Waals surface area (Å²) in [7, 11) is 0. The number of ether oxygens (including phenoxy) is 2. The molecule has 2 rings (SSSR count). The molecule has 1 unspecified atom stereocenters. The average molecular weight is 274 g/mol. The number of pyridine rings is 1. The lowest BCUT2D eigenvalue weighted by Gasteiger charge is -2.13. The zero-order valence-electron chi connectivity index (χ0n) is 8.15. The minimum atomic E-state index is -0.0741. The van der Waals surface area contributed by atoms with Crippen LogP contribution in [0.1, 0.15) is 12.0 Å². The Hall–Kier alpha value is -0.650. The van der Waals surface area contributed by atoms with Gasteiger partial charge in [-0.1, -0.05) is 0 Å². The van der Waals surface area contributed by atoms with Gasteiger partial charge in [-0.2, -0.15) is 0 Å². The molecule has 1 N–H and O–H groups in total. The molecule has 15 heavy (non-hydrogen) atoms. The van der Waals surface area contributed by atoms with Crippen molar-refractivity contribution in [3.8, 4) is 5.88 Å². The van der Waals surface area contributed by atoms with Crippen molar-refractivity contribution < 1.29 is 14.6 Å². The summed E-state index contributed by atoms with van der Waals surface area (Å²) in [6, 6.07) is 1.80. The quantitative estimate of drug-likeness (QED) is 0.907. The lowest BCUT2D eigenvalue weighted by atomic mass is 10.3. The fourth-order valence-electron chi connectivity index (χ4n) is 1.45. The number of halogens is 1. The molecule has 4 nitrogen and oxygen atoms in total.